The molecule has 1 atom stereocenters. The summed E-state index contributed by atoms with van der Waals surface area (Å²) in [7, 11) is 0. The number of aliphatic hydroxyl groups is 1. The maximum atomic E-state index is 12.5. The third-order valence-corrected chi connectivity index (χ3v) is 5.97. The molecule has 1 aliphatic heterocycles. The molecule has 4 nitrogen and oxygen atoms in total. The zero-order valence-electron chi connectivity index (χ0n) is 13.5. The maximum Gasteiger partial charge on any atom is 0.410 e. The smallest absolute Gasteiger partial charge is 0.410 e. The molecule has 23 heavy (non-hydrogen) atoms. The van der Waals surface area contributed by atoms with Gasteiger partial charge in [0.1, 0.15) is 5.60 Å². The van der Waals surface area contributed by atoms with Gasteiger partial charge in [0, 0.05) is 24.0 Å². The molecule has 0 radical (unpaired) electrons. The summed E-state index contributed by atoms with van der Waals surface area (Å²) in [5.74, 6) is 0.374. The topological polar surface area (TPSA) is 49.8 Å². The number of ether oxygens (including phenoxy) is 1. The van der Waals surface area contributed by atoms with Crippen LogP contribution in [0.4, 0.5) is 4.79 Å². The molecule has 1 spiro atoms. The van der Waals surface area contributed by atoms with Crippen LogP contribution in [0.25, 0.3) is 0 Å². The summed E-state index contributed by atoms with van der Waals surface area (Å²) in [5, 5.41) is 9.27. The number of halogens is 1. The van der Waals surface area contributed by atoms with Gasteiger partial charge < -0.3 is 14.7 Å². The van der Waals surface area contributed by atoms with E-state index in [-0.39, 0.29) is 24.3 Å². The summed E-state index contributed by atoms with van der Waals surface area (Å²) >= 11 is 3.44. The van der Waals surface area contributed by atoms with Gasteiger partial charge in [0.05, 0.1) is 6.04 Å². The van der Waals surface area contributed by atoms with Crippen molar-refractivity contribution >= 4 is 22.0 Å². The van der Waals surface area contributed by atoms with Gasteiger partial charge in [-0.15, -0.1) is 0 Å². The van der Waals surface area contributed by atoms with Crippen LogP contribution in [-0.2, 0) is 4.74 Å². The van der Waals surface area contributed by atoms with Gasteiger partial charge >= 0.3 is 6.09 Å². The zero-order valence-corrected chi connectivity index (χ0v) is 15.1. The van der Waals surface area contributed by atoms with E-state index in [9.17, 15) is 9.90 Å². The highest BCUT2D eigenvalue weighted by Crippen LogP contribution is 2.41. The first-order chi connectivity index (χ1) is 11.0. The van der Waals surface area contributed by atoms with Gasteiger partial charge in [0.15, 0.2) is 0 Å². The normalized spacial score (nSPS) is 29.4. The first-order valence-corrected chi connectivity index (χ1v) is 9.18. The second-order valence-corrected chi connectivity index (χ2v) is 7.76. The predicted octanol–water partition coefficient (Wildman–Crippen LogP) is 4.27. The van der Waals surface area contributed by atoms with Crippen LogP contribution in [0.1, 0.15) is 50.6 Å². The van der Waals surface area contributed by atoms with E-state index in [1.165, 1.54) is 0 Å². The highest BCUT2D eigenvalue weighted by Gasteiger charge is 2.44. The highest BCUT2D eigenvalue weighted by molar-refractivity contribution is 9.10. The van der Waals surface area contributed by atoms with E-state index in [1.807, 2.05) is 36.1 Å². The summed E-state index contributed by atoms with van der Waals surface area (Å²) in [6.07, 6.45) is 4.35. The molecule has 0 bridgehead atoms. The van der Waals surface area contributed by atoms with E-state index >= 15 is 0 Å². The molecule has 1 saturated carbocycles. The van der Waals surface area contributed by atoms with Crippen LogP contribution < -0.4 is 0 Å². The molecule has 1 amide bonds. The van der Waals surface area contributed by atoms with Crippen LogP contribution >= 0.6 is 15.9 Å². The first kappa shape index (κ1) is 16.8. The number of nitrogens with zero attached hydrogens (tertiary/aromatic N) is 1. The summed E-state index contributed by atoms with van der Waals surface area (Å²) in [4.78, 5) is 14.4. The van der Waals surface area contributed by atoms with Crippen molar-refractivity contribution in [3.63, 3.8) is 0 Å². The largest absolute Gasteiger partial charge is 0.443 e. The number of carbonyl (C=O) groups excluding carboxylic acids is 1. The van der Waals surface area contributed by atoms with Gasteiger partial charge in [0.2, 0.25) is 0 Å². The summed E-state index contributed by atoms with van der Waals surface area (Å²) in [6, 6.07) is 8.09. The van der Waals surface area contributed by atoms with Crippen molar-refractivity contribution in [1.29, 1.82) is 0 Å². The summed E-state index contributed by atoms with van der Waals surface area (Å²) < 4.78 is 6.92. The fourth-order valence-electron chi connectivity index (χ4n) is 3.72. The Kier molecular flexibility index (Phi) is 4.97. The van der Waals surface area contributed by atoms with Crippen LogP contribution in [0.5, 0.6) is 0 Å². The van der Waals surface area contributed by atoms with E-state index in [0.717, 1.165) is 48.7 Å². The monoisotopic (exact) mass is 381 g/mol. The Morgan fingerprint density at radius 2 is 1.96 bits per heavy atom. The zero-order chi connectivity index (χ0) is 16.4. The number of rotatable bonds is 3. The molecular formula is C18H24BrNO3. The molecule has 1 aliphatic carbocycles. The summed E-state index contributed by atoms with van der Waals surface area (Å²) in [6.45, 7) is 3.03. The minimum absolute atomic E-state index is 0.0155. The van der Waals surface area contributed by atoms with Gasteiger partial charge in [0.25, 0.3) is 0 Å². The maximum absolute atomic E-state index is 12.5. The second kappa shape index (κ2) is 6.81. The molecule has 1 heterocycles. The van der Waals surface area contributed by atoms with Crippen molar-refractivity contribution in [2.75, 3.05) is 13.2 Å². The third-order valence-electron chi connectivity index (χ3n) is 5.44. The summed E-state index contributed by atoms with van der Waals surface area (Å²) in [5.41, 5.74) is 0.823. The predicted molar refractivity (Wildman–Crippen MR) is 92.1 cm³/mol. The molecule has 126 valence electrons. The highest BCUT2D eigenvalue weighted by atomic mass is 79.9. The van der Waals surface area contributed by atoms with Crippen molar-refractivity contribution in [2.45, 2.75) is 50.7 Å². The molecule has 2 fully saturated rings. The van der Waals surface area contributed by atoms with Crippen molar-refractivity contribution in [3.05, 3.63) is 34.3 Å². The lowest BCUT2D eigenvalue weighted by Crippen LogP contribution is -2.51. The first-order valence-electron chi connectivity index (χ1n) is 8.39. The van der Waals surface area contributed by atoms with Gasteiger partial charge in [-0.1, -0.05) is 28.1 Å². The lowest BCUT2D eigenvalue weighted by molar-refractivity contribution is -0.0843. The van der Waals surface area contributed by atoms with Crippen molar-refractivity contribution < 1.29 is 14.6 Å². The van der Waals surface area contributed by atoms with Gasteiger partial charge in [-0.2, -0.15) is 0 Å². The Labute approximate surface area is 145 Å². The standard InChI is InChI=1S/C18H24BrNO3/c1-13(15-2-4-16(19)5-3-15)20-11-10-18(23-17(20)22)8-6-14(12-21)7-9-18/h2-5,13-14,21H,6-12H2,1H3/t13-,14-,18+/m0/s1. The van der Waals surface area contributed by atoms with Crippen LogP contribution in [0.2, 0.25) is 0 Å². The van der Waals surface area contributed by atoms with E-state index in [4.69, 9.17) is 4.74 Å². The number of aliphatic hydroxyl groups excluding tert-OH is 1. The van der Waals surface area contributed by atoms with Crippen molar-refractivity contribution in [2.24, 2.45) is 5.92 Å². The average Bonchev–Trinajstić information content (AvgIpc) is 2.56. The van der Waals surface area contributed by atoms with Gasteiger partial charge in [-0.3, -0.25) is 0 Å². The fraction of sp³-hybridized carbons (Fsp3) is 0.611. The van der Waals surface area contributed by atoms with E-state index in [1.54, 1.807) is 0 Å². The molecule has 0 aromatic heterocycles. The molecule has 0 unspecified atom stereocenters. The minimum Gasteiger partial charge on any atom is -0.443 e. The second-order valence-electron chi connectivity index (χ2n) is 6.85. The van der Waals surface area contributed by atoms with Gasteiger partial charge in [-0.25, -0.2) is 4.79 Å². The Hall–Kier alpha value is -1.07. The molecule has 3 rings (SSSR count). The van der Waals surface area contributed by atoms with E-state index in [0.29, 0.717) is 5.92 Å². The third kappa shape index (κ3) is 3.56. The van der Waals surface area contributed by atoms with Crippen molar-refractivity contribution in [3.8, 4) is 0 Å². The number of amides is 1. The Balaban J connectivity index is 1.65. The number of hydrogen-bond donors (Lipinski definition) is 1. The van der Waals surface area contributed by atoms with Crippen LogP contribution in [-0.4, -0.2) is 34.9 Å². The van der Waals surface area contributed by atoms with Crippen LogP contribution in [0.3, 0.4) is 0 Å². The molecule has 1 saturated heterocycles. The Bertz CT molecular complexity index is 552. The lowest BCUT2D eigenvalue weighted by Gasteiger charge is -2.46. The Morgan fingerprint density at radius 1 is 1.30 bits per heavy atom. The van der Waals surface area contributed by atoms with Gasteiger partial charge in [-0.05, 0) is 56.2 Å². The average molecular weight is 382 g/mol. The molecule has 1 aromatic rings. The Morgan fingerprint density at radius 3 is 2.52 bits per heavy atom. The van der Waals surface area contributed by atoms with E-state index in [2.05, 4.69) is 15.9 Å². The molecule has 1 aromatic carbocycles. The minimum atomic E-state index is -0.293. The number of carbonyl (C=O) groups is 1. The fourth-order valence-corrected chi connectivity index (χ4v) is 3.99. The van der Waals surface area contributed by atoms with Crippen LogP contribution in [0, 0.1) is 5.92 Å². The number of hydrogen-bond acceptors (Lipinski definition) is 3. The molecular weight excluding hydrogens is 358 g/mol. The number of benzene rings is 1. The molecule has 2 aliphatic rings. The quantitative estimate of drug-likeness (QED) is 0.849. The molecule has 1 N–H and O–H groups in total. The van der Waals surface area contributed by atoms with E-state index < -0.39 is 0 Å². The lowest BCUT2D eigenvalue weighted by atomic mass is 9.76. The van der Waals surface area contributed by atoms with Crippen LogP contribution in [0.15, 0.2) is 28.7 Å². The SMILES string of the molecule is C[C@@H](c1ccc(Br)cc1)N1CC[C@]2(CC[C@H](CO)CC2)OC1=O. The van der Waals surface area contributed by atoms with Crippen molar-refractivity contribution in [1.82, 2.24) is 4.90 Å². The molecule has 5 heteroatoms.